The van der Waals surface area contributed by atoms with Crippen molar-refractivity contribution in [2.75, 3.05) is 0 Å². The monoisotopic (exact) mass is 457 g/mol. The molecule has 0 aliphatic carbocycles. The number of hydrogen-bond acceptors (Lipinski definition) is 5. The SMILES string of the molecule is CC(C)=CCCC(C)=CCC[C@]1(C)Oc2c(c(O)cc3c2CN([C@@H](C)C(=O)O)C3=O)C[C@@H]1O. The number of rotatable bonds is 8. The number of hydrogen-bond donors (Lipinski definition) is 3. The van der Waals surface area contributed by atoms with Crippen LogP contribution in [0.1, 0.15) is 81.8 Å². The molecule has 1 amide bonds. The zero-order valence-corrected chi connectivity index (χ0v) is 20.1. The van der Waals surface area contributed by atoms with Crippen molar-refractivity contribution in [3.8, 4) is 11.5 Å². The number of carbonyl (C=O) groups is 2. The normalized spacial score (nSPS) is 23.0. The Morgan fingerprint density at radius 3 is 2.61 bits per heavy atom. The quantitative estimate of drug-likeness (QED) is 0.501. The number of amides is 1. The number of fused-ring (bicyclic) bond motifs is 3. The van der Waals surface area contributed by atoms with Crippen molar-refractivity contribution in [3.05, 3.63) is 46.1 Å². The first-order valence-corrected chi connectivity index (χ1v) is 11.5. The van der Waals surface area contributed by atoms with Crippen molar-refractivity contribution < 1.29 is 29.6 Å². The first kappa shape index (κ1) is 24.8. The van der Waals surface area contributed by atoms with Gasteiger partial charge in [0.2, 0.25) is 0 Å². The fraction of sp³-hybridized carbons (Fsp3) is 0.538. The number of benzene rings is 1. The summed E-state index contributed by atoms with van der Waals surface area (Å²) < 4.78 is 6.31. The number of ether oxygens (including phenoxy) is 1. The van der Waals surface area contributed by atoms with E-state index in [4.69, 9.17) is 4.74 Å². The van der Waals surface area contributed by atoms with E-state index in [1.807, 2.05) is 6.92 Å². The molecule has 0 unspecified atom stereocenters. The largest absolute Gasteiger partial charge is 0.508 e. The summed E-state index contributed by atoms with van der Waals surface area (Å²) in [5, 5.41) is 30.8. The van der Waals surface area contributed by atoms with E-state index in [0.717, 1.165) is 19.3 Å². The third-order valence-electron chi connectivity index (χ3n) is 6.77. The highest BCUT2D eigenvalue weighted by atomic mass is 16.5. The molecule has 3 rings (SSSR count). The van der Waals surface area contributed by atoms with Gasteiger partial charge in [0.25, 0.3) is 5.91 Å². The highest BCUT2D eigenvalue weighted by molar-refractivity contribution is 6.01. The maximum Gasteiger partial charge on any atom is 0.326 e. The molecule has 2 heterocycles. The fourth-order valence-corrected chi connectivity index (χ4v) is 4.47. The van der Waals surface area contributed by atoms with E-state index in [2.05, 4.69) is 32.9 Å². The second kappa shape index (κ2) is 9.59. The van der Waals surface area contributed by atoms with Crippen LogP contribution < -0.4 is 4.74 Å². The Kier molecular flexibility index (Phi) is 7.22. The lowest BCUT2D eigenvalue weighted by molar-refractivity contribution is -0.141. The average Bonchev–Trinajstić information content (AvgIpc) is 3.05. The maximum atomic E-state index is 12.8. The molecule has 0 saturated heterocycles. The molecule has 7 heteroatoms. The van der Waals surface area contributed by atoms with Crippen LogP contribution in [0.4, 0.5) is 0 Å². The van der Waals surface area contributed by atoms with Crippen LogP contribution >= 0.6 is 0 Å². The van der Waals surface area contributed by atoms with Gasteiger partial charge in [0.05, 0.1) is 18.2 Å². The molecular weight excluding hydrogens is 422 g/mol. The van der Waals surface area contributed by atoms with Crippen LogP contribution in [0, 0.1) is 0 Å². The van der Waals surface area contributed by atoms with Crippen LogP contribution in [0.2, 0.25) is 0 Å². The van der Waals surface area contributed by atoms with Crippen LogP contribution in [0.5, 0.6) is 11.5 Å². The second-order valence-corrected chi connectivity index (χ2v) is 9.72. The molecular formula is C26H35NO6. The summed E-state index contributed by atoms with van der Waals surface area (Å²) in [6, 6.07) is 0.366. The minimum Gasteiger partial charge on any atom is -0.508 e. The molecule has 0 saturated carbocycles. The minimum atomic E-state index is -1.10. The Bertz CT molecular complexity index is 1010. The maximum absolute atomic E-state index is 12.8. The number of phenols is 1. The lowest BCUT2D eigenvalue weighted by Crippen LogP contribution is -2.49. The summed E-state index contributed by atoms with van der Waals surface area (Å²) in [4.78, 5) is 25.5. The number of nitrogens with zero attached hydrogens (tertiary/aromatic N) is 1. The molecule has 1 aromatic rings. The van der Waals surface area contributed by atoms with Crippen molar-refractivity contribution in [1.29, 1.82) is 0 Å². The molecule has 180 valence electrons. The number of aliphatic hydroxyl groups excluding tert-OH is 1. The van der Waals surface area contributed by atoms with Crippen molar-refractivity contribution in [1.82, 2.24) is 4.90 Å². The van der Waals surface area contributed by atoms with E-state index in [9.17, 15) is 24.9 Å². The summed E-state index contributed by atoms with van der Waals surface area (Å²) in [6.07, 6.45) is 7.05. The van der Waals surface area contributed by atoms with Gasteiger partial charge in [-0.2, -0.15) is 0 Å². The highest BCUT2D eigenvalue weighted by Crippen LogP contribution is 2.46. The van der Waals surface area contributed by atoms with Gasteiger partial charge >= 0.3 is 5.97 Å². The Morgan fingerprint density at radius 2 is 1.97 bits per heavy atom. The lowest BCUT2D eigenvalue weighted by atomic mass is 9.84. The van der Waals surface area contributed by atoms with Gasteiger partial charge < -0.3 is 25.0 Å². The lowest BCUT2D eigenvalue weighted by Gasteiger charge is -2.41. The number of carboxylic acid groups (broad SMARTS) is 1. The highest BCUT2D eigenvalue weighted by Gasteiger charge is 2.45. The van der Waals surface area contributed by atoms with Crippen LogP contribution in [-0.4, -0.2) is 49.8 Å². The van der Waals surface area contributed by atoms with Gasteiger partial charge in [-0.05, 0) is 66.4 Å². The van der Waals surface area contributed by atoms with Crippen LogP contribution in [0.3, 0.4) is 0 Å². The van der Waals surface area contributed by atoms with Gasteiger partial charge in [0.1, 0.15) is 23.1 Å². The zero-order valence-electron chi connectivity index (χ0n) is 20.1. The number of allylic oxidation sites excluding steroid dienone is 4. The molecule has 0 spiro atoms. The number of aliphatic hydroxyl groups is 1. The number of carboxylic acids is 1. The van der Waals surface area contributed by atoms with Crippen LogP contribution in [0.25, 0.3) is 0 Å². The van der Waals surface area contributed by atoms with Gasteiger partial charge in [0, 0.05) is 17.5 Å². The molecule has 7 nitrogen and oxygen atoms in total. The molecule has 1 aromatic carbocycles. The van der Waals surface area contributed by atoms with Crippen molar-refractivity contribution in [2.45, 2.75) is 91.0 Å². The Hall–Kier alpha value is -2.80. The van der Waals surface area contributed by atoms with Gasteiger partial charge in [-0.15, -0.1) is 0 Å². The molecule has 2 aliphatic rings. The zero-order chi connectivity index (χ0) is 24.5. The van der Waals surface area contributed by atoms with Crippen molar-refractivity contribution >= 4 is 11.9 Å². The fourth-order valence-electron chi connectivity index (χ4n) is 4.47. The summed E-state index contributed by atoms with van der Waals surface area (Å²) >= 11 is 0. The topological polar surface area (TPSA) is 107 Å². The molecule has 0 aromatic heterocycles. The first-order chi connectivity index (χ1) is 15.4. The molecule has 0 radical (unpaired) electrons. The standard InChI is InChI=1S/C26H35NO6/c1-15(2)8-6-9-16(3)10-7-11-26(5)22(29)13-19-21(28)12-18-20(23(19)33-26)14-27(24(18)30)17(4)25(31)32/h8,10,12,17,22,28-29H,6-7,9,11,13-14H2,1-5H3,(H,31,32)/t17-,22-,26-/m0/s1. The predicted molar refractivity (Wildman–Crippen MR) is 125 cm³/mol. The molecule has 3 N–H and O–H groups in total. The smallest absolute Gasteiger partial charge is 0.326 e. The number of carbonyl (C=O) groups excluding carboxylic acids is 1. The Morgan fingerprint density at radius 1 is 1.27 bits per heavy atom. The summed E-state index contributed by atoms with van der Waals surface area (Å²) in [5.41, 5.74) is 2.99. The summed E-state index contributed by atoms with van der Waals surface area (Å²) in [6.45, 7) is 9.67. The van der Waals surface area contributed by atoms with E-state index in [-0.39, 0.29) is 24.3 Å². The summed E-state index contributed by atoms with van der Waals surface area (Å²) in [5.74, 6) is -1.25. The molecule has 33 heavy (non-hydrogen) atoms. The third kappa shape index (κ3) is 5.08. The second-order valence-electron chi connectivity index (χ2n) is 9.72. The van der Waals surface area contributed by atoms with Gasteiger partial charge in [-0.25, -0.2) is 4.79 Å². The van der Waals surface area contributed by atoms with E-state index in [1.165, 1.54) is 29.0 Å². The third-order valence-corrected chi connectivity index (χ3v) is 6.77. The van der Waals surface area contributed by atoms with Crippen LogP contribution in [0.15, 0.2) is 29.4 Å². The van der Waals surface area contributed by atoms with E-state index < -0.39 is 29.6 Å². The number of phenolic OH excluding ortho intramolecular Hbond substituents is 1. The van der Waals surface area contributed by atoms with Gasteiger partial charge in [-0.3, -0.25) is 4.79 Å². The molecule has 0 fully saturated rings. The Labute approximate surface area is 195 Å². The Balaban J connectivity index is 1.81. The van der Waals surface area contributed by atoms with Crippen molar-refractivity contribution in [3.63, 3.8) is 0 Å². The van der Waals surface area contributed by atoms with Crippen molar-refractivity contribution in [2.24, 2.45) is 0 Å². The molecule has 3 atom stereocenters. The first-order valence-electron chi connectivity index (χ1n) is 11.5. The number of aromatic hydroxyl groups is 1. The van der Waals surface area contributed by atoms with E-state index >= 15 is 0 Å². The van der Waals surface area contributed by atoms with Crippen LogP contribution in [-0.2, 0) is 17.8 Å². The van der Waals surface area contributed by atoms with E-state index in [1.54, 1.807) is 0 Å². The predicted octanol–water partition coefficient (Wildman–Crippen LogP) is 4.35. The minimum absolute atomic E-state index is 0.0970. The molecule has 0 bridgehead atoms. The van der Waals surface area contributed by atoms with Gasteiger partial charge in [-0.1, -0.05) is 23.3 Å². The van der Waals surface area contributed by atoms with Gasteiger partial charge in [0.15, 0.2) is 0 Å². The molecule has 2 aliphatic heterocycles. The number of aliphatic carboxylic acids is 1. The summed E-state index contributed by atoms with van der Waals surface area (Å²) in [7, 11) is 0. The average molecular weight is 458 g/mol. The van der Waals surface area contributed by atoms with E-state index in [0.29, 0.717) is 23.3 Å².